The minimum absolute atomic E-state index is 0.00377. The average Bonchev–Trinajstić information content (AvgIpc) is 2.61. The van der Waals surface area contributed by atoms with Crippen LogP contribution >= 0.6 is 0 Å². The maximum Gasteiger partial charge on any atom is 0.232 e. The van der Waals surface area contributed by atoms with E-state index in [0.29, 0.717) is 22.9 Å². The minimum Gasteiger partial charge on any atom is -0.497 e. The molecule has 1 N–H and O–H groups in total. The lowest BCUT2D eigenvalue weighted by Gasteiger charge is -2.22. The van der Waals surface area contributed by atoms with E-state index in [4.69, 9.17) is 9.47 Å². The van der Waals surface area contributed by atoms with Crippen LogP contribution in [0.5, 0.6) is 11.5 Å². The van der Waals surface area contributed by atoms with Crippen LogP contribution in [0.15, 0.2) is 42.5 Å². The van der Waals surface area contributed by atoms with Gasteiger partial charge in [0.05, 0.1) is 31.9 Å². The number of hydrogen-bond donors (Lipinski definition) is 1. The molecule has 8 heteroatoms. The highest BCUT2D eigenvalue weighted by molar-refractivity contribution is 7.92. The topological polar surface area (TPSA) is 84.9 Å². The molecule has 0 fully saturated rings. The Hall–Kier alpha value is -2.74. The van der Waals surface area contributed by atoms with Crippen molar-refractivity contribution in [3.05, 3.63) is 48.0 Å². The molecule has 27 heavy (non-hydrogen) atoms. The van der Waals surface area contributed by atoms with Gasteiger partial charge in [0.25, 0.3) is 0 Å². The molecule has 0 radical (unpaired) electrons. The van der Waals surface area contributed by atoms with Gasteiger partial charge in [-0.3, -0.25) is 9.10 Å². The largest absolute Gasteiger partial charge is 0.497 e. The van der Waals surface area contributed by atoms with Crippen molar-refractivity contribution in [1.29, 1.82) is 0 Å². The second-order valence-corrected chi connectivity index (χ2v) is 7.94. The standard InChI is InChI=1S/C19H24N2O5S/c1-14-5-10-18(26-3)17(13-14)20-19(22)11-12-21(27(4,23)24)15-6-8-16(25-2)9-7-15/h5-10,13H,11-12H2,1-4H3,(H,20,22). The van der Waals surface area contributed by atoms with Crippen molar-refractivity contribution in [3.63, 3.8) is 0 Å². The minimum atomic E-state index is -3.54. The number of nitrogens with one attached hydrogen (secondary N) is 1. The molecule has 0 aliphatic carbocycles. The summed E-state index contributed by atoms with van der Waals surface area (Å²) in [6, 6.07) is 12.1. The Morgan fingerprint density at radius 2 is 1.74 bits per heavy atom. The van der Waals surface area contributed by atoms with Gasteiger partial charge in [-0.05, 0) is 48.9 Å². The molecule has 0 unspecified atom stereocenters. The van der Waals surface area contributed by atoms with Crippen molar-refractivity contribution in [2.24, 2.45) is 0 Å². The lowest BCUT2D eigenvalue weighted by molar-refractivity contribution is -0.116. The quantitative estimate of drug-likeness (QED) is 0.747. The maximum atomic E-state index is 12.3. The maximum absolute atomic E-state index is 12.3. The molecule has 0 atom stereocenters. The number of carbonyl (C=O) groups excluding carboxylic acids is 1. The lowest BCUT2D eigenvalue weighted by Crippen LogP contribution is -2.33. The second-order valence-electron chi connectivity index (χ2n) is 6.04. The van der Waals surface area contributed by atoms with Crippen LogP contribution in [-0.2, 0) is 14.8 Å². The van der Waals surface area contributed by atoms with Crippen LogP contribution in [0, 0.1) is 6.92 Å². The van der Waals surface area contributed by atoms with Gasteiger partial charge in [0.2, 0.25) is 15.9 Å². The highest BCUT2D eigenvalue weighted by Crippen LogP contribution is 2.26. The molecule has 2 rings (SSSR count). The fraction of sp³-hybridized carbons (Fsp3) is 0.316. The number of rotatable bonds is 8. The number of methoxy groups -OCH3 is 2. The molecule has 2 aromatic carbocycles. The van der Waals surface area contributed by atoms with Gasteiger partial charge >= 0.3 is 0 Å². The first-order valence-corrected chi connectivity index (χ1v) is 10.2. The number of hydrogen-bond acceptors (Lipinski definition) is 5. The molecule has 0 aliphatic heterocycles. The molecule has 7 nitrogen and oxygen atoms in total. The first-order chi connectivity index (χ1) is 12.7. The van der Waals surface area contributed by atoms with Crippen molar-refractivity contribution < 1.29 is 22.7 Å². The van der Waals surface area contributed by atoms with E-state index in [-0.39, 0.29) is 18.9 Å². The van der Waals surface area contributed by atoms with E-state index in [1.165, 1.54) is 18.5 Å². The first-order valence-electron chi connectivity index (χ1n) is 8.31. The zero-order valence-electron chi connectivity index (χ0n) is 15.9. The highest BCUT2D eigenvalue weighted by atomic mass is 32.2. The van der Waals surface area contributed by atoms with E-state index in [9.17, 15) is 13.2 Å². The summed E-state index contributed by atoms with van der Waals surface area (Å²) in [4.78, 5) is 12.3. The monoisotopic (exact) mass is 392 g/mol. The third kappa shape index (κ3) is 5.62. The van der Waals surface area contributed by atoms with Crippen LogP contribution in [0.4, 0.5) is 11.4 Å². The lowest BCUT2D eigenvalue weighted by atomic mass is 10.2. The summed E-state index contributed by atoms with van der Waals surface area (Å²) < 4.78 is 35.8. The molecule has 0 aliphatic rings. The van der Waals surface area contributed by atoms with Gasteiger partial charge in [0.15, 0.2) is 0 Å². The number of sulfonamides is 1. The third-order valence-electron chi connectivity index (χ3n) is 3.93. The SMILES string of the molecule is COc1ccc(N(CCC(=O)Nc2cc(C)ccc2OC)S(C)(=O)=O)cc1. The third-order valence-corrected chi connectivity index (χ3v) is 5.13. The van der Waals surface area contributed by atoms with E-state index < -0.39 is 10.0 Å². The number of nitrogens with zero attached hydrogens (tertiary/aromatic N) is 1. The van der Waals surface area contributed by atoms with Crippen LogP contribution < -0.4 is 19.1 Å². The molecule has 0 heterocycles. The van der Waals surface area contributed by atoms with Crippen molar-refractivity contribution >= 4 is 27.3 Å². The van der Waals surface area contributed by atoms with E-state index in [2.05, 4.69) is 5.32 Å². The van der Waals surface area contributed by atoms with Crippen molar-refractivity contribution in [2.75, 3.05) is 36.6 Å². The van der Waals surface area contributed by atoms with Crippen molar-refractivity contribution in [3.8, 4) is 11.5 Å². The van der Waals surface area contributed by atoms with Crippen molar-refractivity contribution in [2.45, 2.75) is 13.3 Å². The number of aryl methyl sites for hydroxylation is 1. The Morgan fingerprint density at radius 3 is 2.30 bits per heavy atom. The average molecular weight is 392 g/mol. The van der Waals surface area contributed by atoms with Gasteiger partial charge in [-0.15, -0.1) is 0 Å². The molecule has 0 bridgehead atoms. The van der Waals surface area contributed by atoms with Crippen LogP contribution in [-0.4, -0.2) is 41.3 Å². The van der Waals surface area contributed by atoms with E-state index in [0.717, 1.165) is 11.8 Å². The normalized spacial score (nSPS) is 11.0. The molecule has 2 aromatic rings. The van der Waals surface area contributed by atoms with Gasteiger partial charge in [-0.2, -0.15) is 0 Å². The molecule has 0 spiro atoms. The zero-order valence-corrected chi connectivity index (χ0v) is 16.7. The summed E-state index contributed by atoms with van der Waals surface area (Å²) in [6.07, 6.45) is 1.11. The van der Waals surface area contributed by atoms with Crippen LogP contribution in [0.1, 0.15) is 12.0 Å². The smallest absolute Gasteiger partial charge is 0.232 e. The van der Waals surface area contributed by atoms with E-state index in [1.807, 2.05) is 13.0 Å². The molecular weight excluding hydrogens is 368 g/mol. The molecule has 1 amide bonds. The van der Waals surface area contributed by atoms with Gasteiger partial charge in [0.1, 0.15) is 11.5 Å². The fourth-order valence-electron chi connectivity index (χ4n) is 2.57. The number of benzene rings is 2. The Labute approximate surface area is 160 Å². The summed E-state index contributed by atoms with van der Waals surface area (Å²) in [5, 5.41) is 2.77. The van der Waals surface area contributed by atoms with Gasteiger partial charge < -0.3 is 14.8 Å². The first kappa shape index (κ1) is 20.6. The number of ether oxygens (including phenoxy) is 2. The Kier molecular flexibility index (Phi) is 6.68. The van der Waals surface area contributed by atoms with Crippen LogP contribution in [0.3, 0.4) is 0 Å². The molecule has 0 saturated heterocycles. The fourth-order valence-corrected chi connectivity index (χ4v) is 3.50. The Balaban J connectivity index is 2.10. The van der Waals surface area contributed by atoms with E-state index >= 15 is 0 Å². The van der Waals surface area contributed by atoms with E-state index in [1.54, 1.807) is 36.4 Å². The number of anilines is 2. The number of amides is 1. The number of carbonyl (C=O) groups is 1. The molecule has 146 valence electrons. The summed E-state index contributed by atoms with van der Waals surface area (Å²) in [7, 11) is -0.480. The summed E-state index contributed by atoms with van der Waals surface area (Å²) in [6.45, 7) is 1.93. The van der Waals surface area contributed by atoms with Gasteiger partial charge in [-0.1, -0.05) is 6.07 Å². The van der Waals surface area contributed by atoms with Gasteiger partial charge in [0, 0.05) is 13.0 Å². The Bertz CT molecular complexity index is 895. The molecule has 0 saturated carbocycles. The van der Waals surface area contributed by atoms with Crippen LogP contribution in [0.2, 0.25) is 0 Å². The predicted molar refractivity (Wildman–Crippen MR) is 106 cm³/mol. The van der Waals surface area contributed by atoms with Crippen LogP contribution in [0.25, 0.3) is 0 Å². The zero-order chi connectivity index (χ0) is 20.0. The summed E-state index contributed by atoms with van der Waals surface area (Å²) in [5.41, 5.74) is 2.00. The van der Waals surface area contributed by atoms with Gasteiger partial charge in [-0.25, -0.2) is 8.42 Å². The predicted octanol–water partition coefficient (Wildman–Crippen LogP) is 2.81. The summed E-state index contributed by atoms with van der Waals surface area (Å²) >= 11 is 0. The molecular formula is C19H24N2O5S. The summed E-state index contributed by atoms with van der Waals surface area (Å²) in [5.74, 6) is 0.863. The highest BCUT2D eigenvalue weighted by Gasteiger charge is 2.19. The Morgan fingerprint density at radius 1 is 1.07 bits per heavy atom. The molecule has 0 aromatic heterocycles. The van der Waals surface area contributed by atoms with Crippen molar-refractivity contribution in [1.82, 2.24) is 0 Å². The second kappa shape index (κ2) is 8.77.